The third kappa shape index (κ3) is 4.97. The second-order valence-electron chi connectivity index (χ2n) is 9.71. The highest BCUT2D eigenvalue weighted by atomic mass is 16.5. The van der Waals surface area contributed by atoms with Crippen molar-refractivity contribution in [2.24, 2.45) is 7.05 Å². The molecular formula is C27H31N9O2. The number of fused-ring (bicyclic) bond motifs is 6. The summed E-state index contributed by atoms with van der Waals surface area (Å²) in [6, 6.07) is 7.85. The van der Waals surface area contributed by atoms with Crippen LogP contribution >= 0.6 is 0 Å². The van der Waals surface area contributed by atoms with Crippen LogP contribution in [0.4, 0.5) is 17.5 Å². The summed E-state index contributed by atoms with van der Waals surface area (Å²) < 4.78 is 13.9. The monoisotopic (exact) mass is 513 g/mol. The Hall–Kier alpha value is -4.25. The van der Waals surface area contributed by atoms with Crippen molar-refractivity contribution in [3.8, 4) is 34.1 Å². The van der Waals surface area contributed by atoms with Gasteiger partial charge in [-0.2, -0.15) is 5.10 Å². The first-order chi connectivity index (χ1) is 18.5. The standard InChI is InChI=1S/C27H31N9O2/c1-18-7-13-37-27-22(17-31-35(27)3)25-30-16-21(26(33-25)32-23-14-20(38-18)6-8-28-23)19-4-5-24(29-15-19)36-11-9-34(2)10-12-36/h4-6,8,14-18H,7,9-13H2,1-3H3,(H,28,30,32,33)/t18-/m0/s1. The van der Waals surface area contributed by atoms with Crippen molar-refractivity contribution >= 4 is 17.5 Å². The zero-order chi connectivity index (χ0) is 26.1. The van der Waals surface area contributed by atoms with Crippen LogP contribution in [0.1, 0.15) is 13.3 Å². The number of aromatic nitrogens is 6. The minimum Gasteiger partial charge on any atom is -0.490 e. The van der Waals surface area contributed by atoms with E-state index in [1.54, 1.807) is 17.1 Å². The number of anilines is 3. The zero-order valence-electron chi connectivity index (χ0n) is 21.8. The molecule has 4 aromatic heterocycles. The van der Waals surface area contributed by atoms with E-state index >= 15 is 0 Å². The van der Waals surface area contributed by atoms with Crippen molar-refractivity contribution in [3.63, 3.8) is 0 Å². The van der Waals surface area contributed by atoms with E-state index in [0.717, 1.165) is 54.4 Å². The van der Waals surface area contributed by atoms with Crippen LogP contribution in [0.3, 0.4) is 0 Å². The predicted molar refractivity (Wildman–Crippen MR) is 145 cm³/mol. The molecule has 0 aromatic carbocycles. The maximum atomic E-state index is 6.11. The highest BCUT2D eigenvalue weighted by Gasteiger charge is 2.20. The van der Waals surface area contributed by atoms with Gasteiger partial charge in [0.2, 0.25) is 5.88 Å². The fraction of sp³-hybridized carbons (Fsp3) is 0.370. The average molecular weight is 514 g/mol. The molecule has 4 bridgehead atoms. The lowest BCUT2D eigenvalue weighted by molar-refractivity contribution is 0.172. The second-order valence-corrected chi connectivity index (χ2v) is 9.71. The van der Waals surface area contributed by atoms with E-state index in [2.05, 4.69) is 44.4 Å². The molecule has 1 saturated heterocycles. The van der Waals surface area contributed by atoms with Crippen molar-refractivity contribution in [1.82, 2.24) is 34.6 Å². The molecule has 0 saturated carbocycles. The van der Waals surface area contributed by atoms with E-state index in [1.165, 1.54) is 0 Å². The molecule has 1 fully saturated rings. The molecule has 0 unspecified atom stereocenters. The molecular weight excluding hydrogens is 482 g/mol. The van der Waals surface area contributed by atoms with Gasteiger partial charge < -0.3 is 24.6 Å². The third-order valence-corrected chi connectivity index (χ3v) is 6.88. The van der Waals surface area contributed by atoms with Gasteiger partial charge in [0.15, 0.2) is 5.82 Å². The normalized spacial score (nSPS) is 18.0. The Morgan fingerprint density at radius 3 is 2.63 bits per heavy atom. The van der Waals surface area contributed by atoms with Gasteiger partial charge in [0.25, 0.3) is 0 Å². The Kier molecular flexibility index (Phi) is 6.50. The van der Waals surface area contributed by atoms with Crippen LogP contribution in [0.25, 0.3) is 22.5 Å². The number of nitrogens with one attached hydrogen (secondary N) is 1. The van der Waals surface area contributed by atoms with E-state index in [1.807, 2.05) is 38.5 Å². The van der Waals surface area contributed by atoms with E-state index in [0.29, 0.717) is 36.4 Å². The molecule has 0 amide bonds. The molecule has 11 heteroatoms. The Bertz CT molecular complexity index is 1410. The topological polar surface area (TPSA) is 106 Å². The van der Waals surface area contributed by atoms with Gasteiger partial charge in [-0.1, -0.05) is 0 Å². The van der Waals surface area contributed by atoms with Gasteiger partial charge in [-0.3, -0.25) is 0 Å². The van der Waals surface area contributed by atoms with Gasteiger partial charge in [-0.15, -0.1) is 0 Å². The first-order valence-electron chi connectivity index (χ1n) is 12.9. The minimum absolute atomic E-state index is 0.0422. The average Bonchev–Trinajstić information content (AvgIpc) is 3.29. The number of pyridine rings is 2. The van der Waals surface area contributed by atoms with Gasteiger partial charge in [-0.25, -0.2) is 24.6 Å². The summed E-state index contributed by atoms with van der Waals surface area (Å²) in [5, 5.41) is 7.78. The molecule has 0 radical (unpaired) electrons. The van der Waals surface area contributed by atoms with Gasteiger partial charge >= 0.3 is 0 Å². The number of aryl methyl sites for hydroxylation is 1. The second kappa shape index (κ2) is 10.3. The summed E-state index contributed by atoms with van der Waals surface area (Å²) in [6.07, 6.45) is 7.80. The molecule has 4 aromatic rings. The Morgan fingerprint density at radius 2 is 1.82 bits per heavy atom. The number of rotatable bonds is 2. The van der Waals surface area contributed by atoms with Crippen molar-refractivity contribution in [1.29, 1.82) is 0 Å². The summed E-state index contributed by atoms with van der Waals surface area (Å²) in [7, 11) is 3.99. The molecule has 11 nitrogen and oxygen atoms in total. The van der Waals surface area contributed by atoms with Crippen LogP contribution < -0.4 is 19.7 Å². The Balaban J connectivity index is 1.39. The molecule has 6 heterocycles. The van der Waals surface area contributed by atoms with Crippen LogP contribution in [0.2, 0.25) is 0 Å². The minimum atomic E-state index is -0.0422. The molecule has 196 valence electrons. The molecule has 1 atom stereocenters. The lowest BCUT2D eigenvalue weighted by Gasteiger charge is -2.33. The van der Waals surface area contributed by atoms with Gasteiger partial charge in [0.1, 0.15) is 28.8 Å². The number of likely N-dealkylation sites (N-methyl/N-ethyl adjacent to an activating group) is 1. The lowest BCUT2D eigenvalue weighted by atomic mass is 10.1. The first-order valence-corrected chi connectivity index (χ1v) is 12.9. The van der Waals surface area contributed by atoms with Gasteiger partial charge in [0, 0.05) is 75.4 Å². The maximum absolute atomic E-state index is 6.11. The predicted octanol–water partition coefficient (Wildman–Crippen LogP) is 3.38. The highest BCUT2D eigenvalue weighted by molar-refractivity contribution is 5.79. The number of nitrogens with zero attached hydrogens (tertiary/aromatic N) is 8. The SMILES string of the molecule is C[C@H]1CCOc2c(cnn2C)-c2ncc(-c3ccc(N4CCN(C)CC4)nc3)c(n2)Nc2cc(ccn2)O1. The number of hydrogen-bond acceptors (Lipinski definition) is 10. The summed E-state index contributed by atoms with van der Waals surface area (Å²) >= 11 is 0. The van der Waals surface area contributed by atoms with E-state index in [-0.39, 0.29) is 6.10 Å². The molecule has 0 spiro atoms. The fourth-order valence-electron chi connectivity index (χ4n) is 4.62. The largest absolute Gasteiger partial charge is 0.490 e. The van der Waals surface area contributed by atoms with Crippen molar-refractivity contribution < 1.29 is 9.47 Å². The van der Waals surface area contributed by atoms with Crippen molar-refractivity contribution in [3.05, 3.63) is 49.1 Å². The smallest absolute Gasteiger partial charge is 0.222 e. The van der Waals surface area contributed by atoms with E-state index in [4.69, 9.17) is 24.4 Å². The highest BCUT2D eigenvalue weighted by Crippen LogP contribution is 2.34. The maximum Gasteiger partial charge on any atom is 0.222 e. The Labute approximate surface area is 221 Å². The van der Waals surface area contributed by atoms with Crippen LogP contribution in [0.5, 0.6) is 11.6 Å². The number of ether oxygens (including phenoxy) is 2. The molecule has 2 aliphatic rings. The van der Waals surface area contributed by atoms with Gasteiger partial charge in [-0.05, 0) is 32.2 Å². The molecule has 1 N–H and O–H groups in total. The fourth-order valence-corrected chi connectivity index (χ4v) is 4.62. The molecule has 38 heavy (non-hydrogen) atoms. The Morgan fingerprint density at radius 1 is 0.947 bits per heavy atom. The summed E-state index contributed by atoms with van der Waals surface area (Å²) in [5.74, 6) is 4.06. The zero-order valence-corrected chi connectivity index (χ0v) is 21.8. The van der Waals surface area contributed by atoms with Crippen molar-refractivity contribution in [2.75, 3.05) is 50.1 Å². The van der Waals surface area contributed by atoms with Crippen LogP contribution in [0.15, 0.2) is 49.1 Å². The third-order valence-electron chi connectivity index (χ3n) is 6.88. The van der Waals surface area contributed by atoms with Crippen molar-refractivity contribution in [2.45, 2.75) is 19.4 Å². The van der Waals surface area contributed by atoms with E-state index < -0.39 is 0 Å². The molecule has 2 aliphatic heterocycles. The number of piperazine rings is 1. The van der Waals surface area contributed by atoms with Gasteiger partial charge in [0.05, 0.1) is 18.9 Å². The first kappa shape index (κ1) is 24.1. The van der Waals surface area contributed by atoms with Crippen LogP contribution in [-0.2, 0) is 7.05 Å². The quantitative estimate of drug-likeness (QED) is 0.429. The number of hydrogen-bond donors (Lipinski definition) is 1. The molecule has 0 aliphatic carbocycles. The summed E-state index contributed by atoms with van der Waals surface area (Å²) in [4.78, 5) is 23.5. The lowest BCUT2D eigenvalue weighted by Crippen LogP contribution is -2.44. The van der Waals surface area contributed by atoms with Crippen LogP contribution in [0, 0.1) is 0 Å². The molecule has 6 rings (SSSR count). The summed E-state index contributed by atoms with van der Waals surface area (Å²) in [6.45, 7) is 6.48. The van der Waals surface area contributed by atoms with Crippen LogP contribution in [-0.4, -0.2) is 80.6 Å². The summed E-state index contributed by atoms with van der Waals surface area (Å²) in [5.41, 5.74) is 2.44. The van der Waals surface area contributed by atoms with E-state index in [9.17, 15) is 0 Å².